The lowest BCUT2D eigenvalue weighted by Gasteiger charge is -2.11. The summed E-state index contributed by atoms with van der Waals surface area (Å²) in [5.41, 5.74) is 1.18. The smallest absolute Gasteiger partial charge is 0.333 e. The summed E-state index contributed by atoms with van der Waals surface area (Å²) >= 11 is 0. The van der Waals surface area contributed by atoms with Crippen molar-refractivity contribution in [3.8, 4) is 0 Å². The third-order valence-electron chi connectivity index (χ3n) is 3.13. The summed E-state index contributed by atoms with van der Waals surface area (Å²) in [4.78, 5) is 43.8. The normalized spacial score (nSPS) is 9.64. The van der Waals surface area contributed by atoms with Crippen molar-refractivity contribution < 1.29 is 48.0 Å². The summed E-state index contributed by atoms with van der Waals surface area (Å²) in [5, 5.41) is 9.30. The Balaban J connectivity index is 0. The van der Waals surface area contributed by atoms with Gasteiger partial charge in [0, 0.05) is 22.3 Å². The van der Waals surface area contributed by atoms with Gasteiger partial charge in [-0.3, -0.25) is 0 Å². The van der Waals surface area contributed by atoms with Crippen molar-refractivity contribution in [1.29, 1.82) is 0 Å². The average molecular weight is 471 g/mol. The molecule has 0 atom stereocenters. The lowest BCUT2D eigenvalue weighted by molar-refractivity contribution is -0.147. The highest BCUT2D eigenvalue weighted by Crippen LogP contribution is 1.97. The largest absolute Gasteiger partial charge is 0.460 e. The molecule has 0 spiro atoms. The van der Waals surface area contributed by atoms with E-state index < -0.39 is 30.0 Å². The highest BCUT2D eigenvalue weighted by atomic mass is 16.6. The van der Waals surface area contributed by atoms with Crippen molar-refractivity contribution in [3.63, 3.8) is 0 Å². The number of hydrogen-bond acceptors (Lipinski definition) is 10. The van der Waals surface area contributed by atoms with E-state index in [0.717, 1.165) is 0 Å². The van der Waals surface area contributed by atoms with E-state index in [1.807, 2.05) is 0 Å². The van der Waals surface area contributed by atoms with Crippen LogP contribution in [0.5, 0.6) is 0 Å². The fraction of sp³-hybridized carbons (Fsp3) is 0.478. The minimum absolute atomic E-state index is 0.153. The number of hydrogen-bond donors (Lipinski definition) is 1. The molecule has 0 amide bonds. The zero-order valence-electron chi connectivity index (χ0n) is 19.8. The molecule has 0 aromatic heterocycles. The van der Waals surface area contributed by atoms with Crippen LogP contribution in [-0.4, -0.2) is 74.7 Å². The third-order valence-corrected chi connectivity index (χ3v) is 3.13. The topological polar surface area (TPSA) is 135 Å². The van der Waals surface area contributed by atoms with Crippen LogP contribution in [0.15, 0.2) is 48.6 Å². The van der Waals surface area contributed by atoms with E-state index in [1.165, 1.54) is 13.8 Å². The fourth-order valence-corrected chi connectivity index (χ4v) is 1.37. The van der Waals surface area contributed by atoms with Crippen LogP contribution < -0.4 is 0 Å². The van der Waals surface area contributed by atoms with E-state index in [4.69, 9.17) is 14.2 Å². The molecule has 10 nitrogen and oxygen atoms in total. The molecule has 0 radical (unpaired) electrons. The van der Waals surface area contributed by atoms with Gasteiger partial charge >= 0.3 is 23.9 Å². The van der Waals surface area contributed by atoms with E-state index in [-0.39, 0.29) is 50.8 Å². The molecule has 0 saturated heterocycles. The number of aliphatic hydroxyl groups is 1. The monoisotopic (exact) mass is 470 g/mol. The van der Waals surface area contributed by atoms with Crippen LogP contribution in [0.3, 0.4) is 0 Å². The van der Waals surface area contributed by atoms with Gasteiger partial charge in [0.05, 0.1) is 13.2 Å². The van der Waals surface area contributed by atoms with Gasteiger partial charge in [-0.05, 0) is 27.7 Å². The van der Waals surface area contributed by atoms with Crippen LogP contribution in [0.2, 0.25) is 0 Å². The quantitative estimate of drug-likeness (QED) is 0.173. The number of esters is 4. The summed E-state index contributed by atoms with van der Waals surface area (Å²) in [5.74, 6) is -2.07. The highest BCUT2D eigenvalue weighted by Gasteiger charge is 2.12. The lowest BCUT2D eigenvalue weighted by Crippen LogP contribution is -2.25. The first-order valence-corrected chi connectivity index (χ1v) is 9.85. The molecule has 0 unspecified atom stereocenters. The van der Waals surface area contributed by atoms with Crippen LogP contribution in [0.1, 0.15) is 27.7 Å². The van der Waals surface area contributed by atoms with E-state index in [0.29, 0.717) is 11.1 Å². The molecule has 10 heteroatoms. The summed E-state index contributed by atoms with van der Waals surface area (Å²) < 4.78 is 24.0. The Morgan fingerprint density at radius 2 is 0.848 bits per heavy atom. The summed E-state index contributed by atoms with van der Waals surface area (Å²) in [6, 6.07) is 0. The van der Waals surface area contributed by atoms with Gasteiger partial charge in [-0.2, -0.15) is 0 Å². The van der Waals surface area contributed by atoms with Crippen molar-refractivity contribution in [1.82, 2.24) is 0 Å². The predicted molar refractivity (Wildman–Crippen MR) is 120 cm³/mol. The Kier molecular flexibility index (Phi) is 17.8. The van der Waals surface area contributed by atoms with Gasteiger partial charge in [0.25, 0.3) is 0 Å². The van der Waals surface area contributed by atoms with Gasteiger partial charge in [-0.15, -0.1) is 0 Å². The van der Waals surface area contributed by atoms with Gasteiger partial charge in [0.15, 0.2) is 0 Å². The molecular formula is C23H34O10. The van der Waals surface area contributed by atoms with Crippen molar-refractivity contribution in [2.24, 2.45) is 0 Å². The van der Waals surface area contributed by atoms with Gasteiger partial charge < -0.3 is 28.8 Å². The number of carbonyl (C=O) groups excluding carboxylic acids is 4. The van der Waals surface area contributed by atoms with Crippen LogP contribution in [0.25, 0.3) is 0 Å². The van der Waals surface area contributed by atoms with E-state index in [1.54, 1.807) is 13.8 Å². The maximum Gasteiger partial charge on any atom is 0.333 e. The first-order valence-electron chi connectivity index (χ1n) is 9.85. The molecule has 33 heavy (non-hydrogen) atoms. The van der Waals surface area contributed by atoms with E-state index >= 15 is 0 Å². The average Bonchev–Trinajstić information content (AvgIpc) is 2.74. The molecule has 0 aromatic carbocycles. The zero-order chi connectivity index (χ0) is 26.0. The minimum atomic E-state index is -1.05. The first kappa shape index (κ1) is 31.9. The highest BCUT2D eigenvalue weighted by molar-refractivity contribution is 5.88. The van der Waals surface area contributed by atoms with Gasteiger partial charge in [0.1, 0.15) is 32.5 Å². The Morgan fingerprint density at radius 1 is 0.576 bits per heavy atom. The van der Waals surface area contributed by atoms with Crippen LogP contribution in [0.4, 0.5) is 0 Å². The zero-order valence-corrected chi connectivity index (χ0v) is 19.8. The molecule has 1 N–H and O–H groups in total. The molecule has 0 aliphatic rings. The number of carbonyl (C=O) groups is 4. The SMILES string of the molecule is C=C(C)C(=O)OCC(O)COC(=O)C(=C)C.C=C(C)C(=O)OCCOCCOC(=O)C(=C)C. The maximum atomic E-state index is 10.9. The molecule has 0 saturated carbocycles. The summed E-state index contributed by atoms with van der Waals surface area (Å²) in [6.07, 6.45) is -1.05. The Hall–Kier alpha value is -3.24. The van der Waals surface area contributed by atoms with Crippen molar-refractivity contribution in [3.05, 3.63) is 48.6 Å². The summed E-state index contributed by atoms with van der Waals surface area (Å²) in [6.45, 7) is 20.1. The minimum Gasteiger partial charge on any atom is -0.460 e. The molecule has 0 aliphatic heterocycles. The van der Waals surface area contributed by atoms with Gasteiger partial charge in [-0.1, -0.05) is 26.3 Å². The third kappa shape index (κ3) is 19.2. The molecular weight excluding hydrogens is 436 g/mol. The van der Waals surface area contributed by atoms with E-state index in [2.05, 4.69) is 35.8 Å². The predicted octanol–water partition coefficient (Wildman–Crippen LogP) is 1.83. The van der Waals surface area contributed by atoms with Crippen LogP contribution in [-0.2, 0) is 42.9 Å². The molecule has 0 fully saturated rings. The molecule has 0 bridgehead atoms. The fourth-order valence-electron chi connectivity index (χ4n) is 1.37. The Bertz CT molecular complexity index is 676. The number of aliphatic hydroxyl groups excluding tert-OH is 1. The molecule has 186 valence electrons. The maximum absolute atomic E-state index is 10.9. The first-order chi connectivity index (χ1) is 15.3. The standard InChI is InChI=1S/C12H18O5.C11H16O5/c1-9(2)11(13)16-7-5-15-6-8-17-12(14)10(3)4;1-7(2)10(13)15-5-9(12)6-16-11(14)8(3)4/h1,3,5-8H2,2,4H3;9,12H,1,3,5-6H2,2,4H3. The lowest BCUT2D eigenvalue weighted by atomic mass is 10.3. The summed E-state index contributed by atoms with van der Waals surface area (Å²) in [7, 11) is 0. The molecule has 0 heterocycles. The Morgan fingerprint density at radius 3 is 1.12 bits per heavy atom. The van der Waals surface area contributed by atoms with E-state index in [9.17, 15) is 24.3 Å². The molecule has 0 aliphatic carbocycles. The molecule has 0 aromatic rings. The number of ether oxygens (including phenoxy) is 5. The second-order valence-electron chi connectivity index (χ2n) is 6.86. The van der Waals surface area contributed by atoms with Crippen molar-refractivity contribution in [2.75, 3.05) is 39.6 Å². The number of rotatable bonds is 14. The second-order valence-corrected chi connectivity index (χ2v) is 6.86. The molecule has 0 rings (SSSR count). The van der Waals surface area contributed by atoms with Gasteiger partial charge in [-0.25, -0.2) is 19.2 Å². The van der Waals surface area contributed by atoms with Gasteiger partial charge in [0.2, 0.25) is 0 Å². The van der Waals surface area contributed by atoms with Crippen molar-refractivity contribution in [2.45, 2.75) is 33.8 Å². The van der Waals surface area contributed by atoms with Crippen molar-refractivity contribution >= 4 is 23.9 Å². The second kappa shape index (κ2) is 18.3. The van der Waals surface area contributed by atoms with Crippen LogP contribution >= 0.6 is 0 Å². The van der Waals surface area contributed by atoms with Crippen LogP contribution in [0, 0.1) is 0 Å². The Labute approximate surface area is 194 Å².